The summed E-state index contributed by atoms with van der Waals surface area (Å²) in [4.78, 5) is 24.9. The molecule has 26 heavy (non-hydrogen) atoms. The molecular formula is C20H10O6. The van der Waals surface area contributed by atoms with E-state index in [0.717, 1.165) is 0 Å². The first-order chi connectivity index (χ1) is 12.7. The van der Waals surface area contributed by atoms with Gasteiger partial charge in [0.2, 0.25) is 0 Å². The van der Waals surface area contributed by atoms with Gasteiger partial charge in [-0.2, -0.15) is 0 Å². The summed E-state index contributed by atoms with van der Waals surface area (Å²) in [5, 5.41) is 0.594. The lowest BCUT2D eigenvalue weighted by Crippen LogP contribution is -2.04. The van der Waals surface area contributed by atoms with E-state index in [1.54, 1.807) is 24.3 Å². The number of hydrogen-bond donors (Lipinski definition) is 0. The van der Waals surface area contributed by atoms with Crippen LogP contribution in [0.2, 0.25) is 0 Å². The van der Waals surface area contributed by atoms with Crippen molar-refractivity contribution in [3.63, 3.8) is 0 Å². The Morgan fingerprint density at radius 2 is 1.08 bits per heavy atom. The van der Waals surface area contributed by atoms with Gasteiger partial charge in [0.25, 0.3) is 0 Å². The fourth-order valence-electron chi connectivity index (χ4n) is 2.89. The molecule has 0 saturated carbocycles. The van der Waals surface area contributed by atoms with E-state index in [4.69, 9.17) is 17.7 Å². The Kier molecular flexibility index (Phi) is 2.99. The van der Waals surface area contributed by atoms with E-state index in [-0.39, 0.29) is 10.9 Å². The number of benzene rings is 1. The predicted molar refractivity (Wildman–Crippen MR) is 93.9 cm³/mol. The summed E-state index contributed by atoms with van der Waals surface area (Å²) >= 11 is 0. The predicted octanol–water partition coefficient (Wildman–Crippen LogP) is 4.42. The highest BCUT2D eigenvalue weighted by Crippen LogP contribution is 2.27. The van der Waals surface area contributed by atoms with Gasteiger partial charge in [-0.1, -0.05) is 0 Å². The summed E-state index contributed by atoms with van der Waals surface area (Å²) in [6.07, 6.45) is 2.99. The van der Waals surface area contributed by atoms with Gasteiger partial charge in [-0.05, 0) is 30.3 Å². The minimum absolute atomic E-state index is 0.269. The first-order valence-electron chi connectivity index (χ1n) is 7.82. The molecule has 5 rings (SSSR count). The Balaban J connectivity index is 1.81. The van der Waals surface area contributed by atoms with Gasteiger partial charge in [-0.25, -0.2) is 0 Å². The highest BCUT2D eigenvalue weighted by atomic mass is 16.4. The molecule has 6 heteroatoms. The van der Waals surface area contributed by atoms with Crippen molar-refractivity contribution in [2.45, 2.75) is 0 Å². The van der Waals surface area contributed by atoms with Gasteiger partial charge in [0.15, 0.2) is 33.9 Å². The normalized spacial score (nSPS) is 11.4. The lowest BCUT2D eigenvalue weighted by molar-refractivity contribution is 0.533. The Labute approximate surface area is 144 Å². The third-order valence-electron chi connectivity index (χ3n) is 4.10. The molecule has 0 saturated heterocycles. The molecule has 5 aromatic rings. The highest BCUT2D eigenvalue weighted by molar-refractivity contribution is 5.93. The van der Waals surface area contributed by atoms with E-state index in [1.165, 1.54) is 36.8 Å². The van der Waals surface area contributed by atoms with Crippen LogP contribution < -0.4 is 10.9 Å². The maximum absolute atomic E-state index is 12.5. The van der Waals surface area contributed by atoms with Crippen LogP contribution >= 0.6 is 0 Å². The zero-order chi connectivity index (χ0) is 17.7. The molecule has 0 spiro atoms. The first kappa shape index (κ1) is 14.5. The standard InChI is InChI=1S/C20H10O6/c21-13-8-19(15-3-1-5-23-15)25-17-10-18-12(7-11(13)17)14(22)9-20(26-18)16-4-2-6-24-16/h1-10H. The summed E-state index contributed by atoms with van der Waals surface area (Å²) in [6, 6.07) is 12.5. The van der Waals surface area contributed by atoms with Gasteiger partial charge < -0.3 is 17.7 Å². The Morgan fingerprint density at radius 3 is 1.50 bits per heavy atom. The third-order valence-corrected chi connectivity index (χ3v) is 4.10. The van der Waals surface area contributed by atoms with Crippen molar-refractivity contribution < 1.29 is 17.7 Å². The van der Waals surface area contributed by atoms with Crippen LogP contribution in [0.1, 0.15) is 0 Å². The minimum Gasteiger partial charge on any atom is -0.461 e. The van der Waals surface area contributed by atoms with Gasteiger partial charge in [0.1, 0.15) is 11.2 Å². The van der Waals surface area contributed by atoms with Gasteiger partial charge >= 0.3 is 0 Å². The monoisotopic (exact) mass is 346 g/mol. The molecule has 0 unspecified atom stereocenters. The quantitative estimate of drug-likeness (QED) is 0.440. The smallest absolute Gasteiger partial charge is 0.193 e. The summed E-state index contributed by atoms with van der Waals surface area (Å²) in [5.74, 6) is 1.48. The zero-order valence-corrected chi connectivity index (χ0v) is 13.2. The molecule has 4 aromatic heterocycles. The number of furan rings is 2. The Bertz CT molecular complexity index is 1250. The molecule has 4 heterocycles. The average Bonchev–Trinajstić information content (AvgIpc) is 3.34. The second kappa shape index (κ2) is 5.35. The molecule has 6 nitrogen and oxygen atoms in total. The fourth-order valence-corrected chi connectivity index (χ4v) is 2.89. The Morgan fingerprint density at radius 1 is 0.577 bits per heavy atom. The van der Waals surface area contributed by atoms with Gasteiger partial charge in [0.05, 0.1) is 23.3 Å². The lowest BCUT2D eigenvalue weighted by atomic mass is 10.1. The van der Waals surface area contributed by atoms with Crippen LogP contribution in [0.3, 0.4) is 0 Å². The van der Waals surface area contributed by atoms with Crippen molar-refractivity contribution in [1.82, 2.24) is 0 Å². The van der Waals surface area contributed by atoms with Gasteiger partial charge in [-0.3, -0.25) is 9.59 Å². The minimum atomic E-state index is -0.269. The molecule has 0 amide bonds. The van der Waals surface area contributed by atoms with Crippen molar-refractivity contribution >= 4 is 21.9 Å². The van der Waals surface area contributed by atoms with Crippen molar-refractivity contribution in [2.24, 2.45) is 0 Å². The topological polar surface area (TPSA) is 86.7 Å². The highest BCUT2D eigenvalue weighted by Gasteiger charge is 2.14. The molecule has 1 aromatic carbocycles. The van der Waals surface area contributed by atoms with Crippen molar-refractivity contribution in [1.29, 1.82) is 0 Å². The number of hydrogen-bond acceptors (Lipinski definition) is 6. The molecule has 0 aliphatic carbocycles. The maximum atomic E-state index is 12.5. The molecule has 0 N–H and O–H groups in total. The third kappa shape index (κ3) is 2.20. The van der Waals surface area contributed by atoms with Crippen molar-refractivity contribution in [2.75, 3.05) is 0 Å². The van der Waals surface area contributed by atoms with E-state index in [0.29, 0.717) is 45.0 Å². The van der Waals surface area contributed by atoms with E-state index >= 15 is 0 Å². The van der Waals surface area contributed by atoms with Gasteiger partial charge in [-0.15, -0.1) is 0 Å². The molecule has 0 radical (unpaired) electrons. The molecule has 0 aliphatic heterocycles. The first-order valence-corrected chi connectivity index (χ1v) is 7.82. The van der Waals surface area contributed by atoms with Crippen LogP contribution in [0.25, 0.3) is 45.0 Å². The van der Waals surface area contributed by atoms with Crippen LogP contribution in [0, 0.1) is 0 Å². The summed E-state index contributed by atoms with van der Waals surface area (Å²) in [7, 11) is 0. The van der Waals surface area contributed by atoms with Crippen LogP contribution in [0.15, 0.2) is 88.3 Å². The summed E-state index contributed by atoms with van der Waals surface area (Å²) < 4.78 is 22.1. The maximum Gasteiger partial charge on any atom is 0.193 e. The number of rotatable bonds is 2. The average molecular weight is 346 g/mol. The van der Waals surface area contributed by atoms with Crippen LogP contribution in [-0.2, 0) is 0 Å². The van der Waals surface area contributed by atoms with E-state index < -0.39 is 0 Å². The fraction of sp³-hybridized carbons (Fsp3) is 0. The molecule has 126 valence electrons. The summed E-state index contributed by atoms with van der Waals surface area (Å²) in [5.41, 5.74) is 0.0652. The van der Waals surface area contributed by atoms with E-state index in [9.17, 15) is 9.59 Å². The van der Waals surface area contributed by atoms with Crippen LogP contribution in [-0.4, -0.2) is 0 Å². The van der Waals surface area contributed by atoms with Gasteiger partial charge in [0, 0.05) is 18.2 Å². The molecule has 0 fully saturated rings. The van der Waals surface area contributed by atoms with Crippen LogP contribution in [0.5, 0.6) is 0 Å². The largest absolute Gasteiger partial charge is 0.461 e. The zero-order valence-electron chi connectivity index (χ0n) is 13.2. The second-order valence-corrected chi connectivity index (χ2v) is 5.75. The Hall–Kier alpha value is -3.80. The molecule has 0 bridgehead atoms. The molecular weight excluding hydrogens is 336 g/mol. The SMILES string of the molecule is O=c1cc(-c2ccco2)oc2cc3oc(-c4ccco4)cc(=O)c3cc12. The van der Waals surface area contributed by atoms with Crippen LogP contribution in [0.4, 0.5) is 0 Å². The second-order valence-electron chi connectivity index (χ2n) is 5.75. The van der Waals surface area contributed by atoms with E-state index in [2.05, 4.69) is 0 Å². The lowest BCUT2D eigenvalue weighted by Gasteiger charge is -2.04. The number of fused-ring (bicyclic) bond motifs is 2. The van der Waals surface area contributed by atoms with Crippen molar-refractivity contribution in [3.8, 4) is 23.0 Å². The summed E-state index contributed by atoms with van der Waals surface area (Å²) in [6.45, 7) is 0. The van der Waals surface area contributed by atoms with E-state index in [1.807, 2.05) is 0 Å². The molecule has 0 aliphatic rings. The van der Waals surface area contributed by atoms with Crippen molar-refractivity contribution in [3.05, 3.63) is 81.5 Å². The molecule has 0 atom stereocenters.